The first-order valence-electron chi connectivity index (χ1n) is 10.1. The number of fused-ring (bicyclic) bond motifs is 1. The Morgan fingerprint density at radius 1 is 1.32 bits per heavy atom. The van der Waals surface area contributed by atoms with E-state index in [1.165, 1.54) is 0 Å². The van der Waals surface area contributed by atoms with Crippen LogP contribution >= 0.6 is 0 Å². The van der Waals surface area contributed by atoms with Gasteiger partial charge in [-0.1, -0.05) is 0 Å². The third-order valence-corrected chi connectivity index (χ3v) is 5.53. The van der Waals surface area contributed by atoms with E-state index in [1.807, 2.05) is 42.2 Å². The summed E-state index contributed by atoms with van der Waals surface area (Å²) >= 11 is 0. The molecule has 0 saturated carbocycles. The van der Waals surface area contributed by atoms with Gasteiger partial charge in [0.2, 0.25) is 0 Å². The lowest BCUT2D eigenvalue weighted by Gasteiger charge is -2.15. The van der Waals surface area contributed by atoms with E-state index in [2.05, 4.69) is 26.8 Å². The average Bonchev–Trinajstić information content (AvgIpc) is 3.53. The number of benzene rings is 1. The maximum atomic E-state index is 9.52. The van der Waals surface area contributed by atoms with E-state index in [9.17, 15) is 5.26 Å². The van der Waals surface area contributed by atoms with E-state index in [-0.39, 0.29) is 6.04 Å². The minimum absolute atomic E-state index is 0.260. The minimum atomic E-state index is 0.260. The second-order valence-electron chi connectivity index (χ2n) is 7.57. The van der Waals surface area contributed by atoms with Gasteiger partial charge in [-0.15, -0.1) is 0 Å². The number of methoxy groups -OCH3 is 1. The number of imidazole rings is 1. The molecular formula is C22H22N8O. The summed E-state index contributed by atoms with van der Waals surface area (Å²) < 4.78 is 9.28. The molecule has 3 aromatic heterocycles. The van der Waals surface area contributed by atoms with Crippen LogP contribution in [0.2, 0.25) is 0 Å². The smallest absolute Gasteiger partial charge is 0.146 e. The van der Waals surface area contributed by atoms with Crippen molar-refractivity contribution in [2.24, 2.45) is 7.05 Å². The van der Waals surface area contributed by atoms with Crippen LogP contribution in [0.5, 0.6) is 5.75 Å². The Morgan fingerprint density at radius 3 is 2.94 bits per heavy atom. The number of ether oxygens (including phenoxy) is 1. The second-order valence-corrected chi connectivity index (χ2v) is 7.57. The van der Waals surface area contributed by atoms with Gasteiger partial charge in [0, 0.05) is 43.0 Å². The third-order valence-electron chi connectivity index (χ3n) is 5.53. The summed E-state index contributed by atoms with van der Waals surface area (Å²) in [4.78, 5) is 9.31. The predicted octanol–water partition coefficient (Wildman–Crippen LogP) is 2.48. The molecule has 2 N–H and O–H groups in total. The Labute approximate surface area is 179 Å². The number of anilines is 1. The van der Waals surface area contributed by atoms with Crippen LogP contribution in [0.3, 0.4) is 0 Å². The number of nitriles is 1. The number of aromatic nitrogens is 5. The molecule has 1 aliphatic heterocycles. The number of hydrogen-bond donors (Lipinski definition) is 2. The molecule has 0 bridgehead atoms. The summed E-state index contributed by atoms with van der Waals surface area (Å²) in [5.41, 5.74) is 4.10. The molecule has 1 aromatic carbocycles. The van der Waals surface area contributed by atoms with E-state index < -0.39 is 0 Å². The molecule has 4 heterocycles. The first-order valence-corrected chi connectivity index (χ1v) is 10.1. The summed E-state index contributed by atoms with van der Waals surface area (Å²) in [6, 6.07) is 10.1. The van der Waals surface area contributed by atoms with Gasteiger partial charge in [-0.3, -0.25) is 9.25 Å². The van der Waals surface area contributed by atoms with E-state index in [4.69, 9.17) is 9.72 Å². The molecule has 9 heteroatoms. The van der Waals surface area contributed by atoms with Gasteiger partial charge in [0.05, 0.1) is 29.9 Å². The summed E-state index contributed by atoms with van der Waals surface area (Å²) in [6.07, 6.45) is 6.50. The first kappa shape index (κ1) is 19.1. The van der Waals surface area contributed by atoms with Gasteiger partial charge in [-0.2, -0.15) is 10.4 Å². The fourth-order valence-electron chi connectivity index (χ4n) is 3.93. The number of nitrogens with one attached hydrogen (secondary N) is 2. The van der Waals surface area contributed by atoms with Crippen LogP contribution in [-0.4, -0.2) is 50.6 Å². The molecule has 9 nitrogen and oxygen atoms in total. The van der Waals surface area contributed by atoms with Crippen molar-refractivity contribution in [3.8, 4) is 28.8 Å². The second kappa shape index (κ2) is 7.74. The van der Waals surface area contributed by atoms with Crippen LogP contribution in [0, 0.1) is 11.3 Å². The van der Waals surface area contributed by atoms with Gasteiger partial charge in [0.25, 0.3) is 0 Å². The maximum absolute atomic E-state index is 9.52. The maximum Gasteiger partial charge on any atom is 0.146 e. The van der Waals surface area contributed by atoms with Crippen LogP contribution in [0.4, 0.5) is 5.82 Å². The summed E-state index contributed by atoms with van der Waals surface area (Å²) in [6.45, 7) is 1.82. The SMILES string of the molecule is COc1cc2ncn(-c3ccc(C#N)c(NC4CCNC4)n3)c2cc1-c1cnn(C)c1. The highest BCUT2D eigenvalue weighted by atomic mass is 16.5. The minimum Gasteiger partial charge on any atom is -0.496 e. The van der Waals surface area contributed by atoms with Crippen LogP contribution in [0.25, 0.3) is 28.0 Å². The van der Waals surface area contributed by atoms with Gasteiger partial charge in [0.1, 0.15) is 29.8 Å². The topological polar surface area (TPSA) is 106 Å². The van der Waals surface area contributed by atoms with Crippen LogP contribution in [-0.2, 0) is 7.05 Å². The summed E-state index contributed by atoms with van der Waals surface area (Å²) in [5.74, 6) is 2.02. The van der Waals surface area contributed by atoms with Crippen LogP contribution in [0.1, 0.15) is 12.0 Å². The van der Waals surface area contributed by atoms with Crippen LogP contribution in [0.15, 0.2) is 43.0 Å². The fraction of sp³-hybridized carbons (Fsp3) is 0.273. The van der Waals surface area contributed by atoms with E-state index in [0.717, 1.165) is 47.4 Å². The van der Waals surface area contributed by atoms with Crippen molar-refractivity contribution in [2.45, 2.75) is 12.5 Å². The molecule has 4 aromatic rings. The van der Waals surface area contributed by atoms with Crippen LogP contribution < -0.4 is 15.4 Å². The lowest BCUT2D eigenvalue weighted by Crippen LogP contribution is -2.23. The molecule has 5 rings (SSSR count). The monoisotopic (exact) mass is 414 g/mol. The van der Waals surface area contributed by atoms with E-state index >= 15 is 0 Å². The average molecular weight is 414 g/mol. The molecular weight excluding hydrogens is 392 g/mol. The molecule has 1 aliphatic rings. The first-order chi connectivity index (χ1) is 15.2. The molecule has 156 valence electrons. The highest BCUT2D eigenvalue weighted by Crippen LogP contribution is 2.34. The Balaban J connectivity index is 1.61. The standard InChI is InChI=1S/C22H22N8O/c1-29-12-15(10-26-29)17-7-19-18(8-20(17)31-2)25-13-30(19)21-4-3-14(9-23)22(28-21)27-16-5-6-24-11-16/h3-4,7-8,10,12-13,16,24H,5-6,11H2,1-2H3,(H,27,28). The van der Waals surface area contributed by atoms with Crippen molar-refractivity contribution in [3.05, 3.63) is 48.5 Å². The van der Waals surface area contributed by atoms with Gasteiger partial charge in [0.15, 0.2) is 0 Å². The lowest BCUT2D eigenvalue weighted by atomic mass is 10.1. The molecule has 0 radical (unpaired) electrons. The number of pyridine rings is 1. The largest absolute Gasteiger partial charge is 0.496 e. The zero-order valence-electron chi connectivity index (χ0n) is 17.3. The molecule has 0 spiro atoms. The Kier molecular flexibility index (Phi) is 4.76. The van der Waals surface area contributed by atoms with Gasteiger partial charge < -0.3 is 15.4 Å². The number of rotatable bonds is 5. The summed E-state index contributed by atoms with van der Waals surface area (Å²) in [5, 5.41) is 20.5. The predicted molar refractivity (Wildman–Crippen MR) is 117 cm³/mol. The van der Waals surface area contributed by atoms with Gasteiger partial charge in [-0.25, -0.2) is 9.97 Å². The fourth-order valence-corrected chi connectivity index (χ4v) is 3.93. The van der Waals surface area contributed by atoms with Crippen molar-refractivity contribution < 1.29 is 4.74 Å². The highest BCUT2D eigenvalue weighted by molar-refractivity contribution is 5.87. The quantitative estimate of drug-likeness (QED) is 0.517. The van der Waals surface area contributed by atoms with Crippen molar-refractivity contribution in [1.29, 1.82) is 5.26 Å². The zero-order valence-corrected chi connectivity index (χ0v) is 17.3. The zero-order chi connectivity index (χ0) is 21.4. The van der Waals surface area contributed by atoms with Gasteiger partial charge in [-0.05, 0) is 31.2 Å². The molecule has 0 amide bonds. The van der Waals surface area contributed by atoms with E-state index in [1.54, 1.807) is 24.2 Å². The Morgan fingerprint density at radius 2 is 2.23 bits per heavy atom. The number of nitrogens with zero attached hydrogens (tertiary/aromatic N) is 6. The molecule has 0 aliphatic carbocycles. The van der Waals surface area contributed by atoms with Crippen molar-refractivity contribution in [1.82, 2.24) is 29.6 Å². The summed E-state index contributed by atoms with van der Waals surface area (Å²) in [7, 11) is 3.53. The van der Waals surface area contributed by atoms with Crippen molar-refractivity contribution >= 4 is 16.9 Å². The van der Waals surface area contributed by atoms with Crippen molar-refractivity contribution in [3.63, 3.8) is 0 Å². The lowest BCUT2D eigenvalue weighted by molar-refractivity contribution is 0.417. The Hall–Kier alpha value is -3.90. The van der Waals surface area contributed by atoms with Crippen molar-refractivity contribution in [2.75, 3.05) is 25.5 Å². The molecule has 1 atom stereocenters. The highest BCUT2D eigenvalue weighted by Gasteiger charge is 2.18. The van der Waals surface area contributed by atoms with E-state index in [0.29, 0.717) is 17.2 Å². The Bertz CT molecular complexity index is 1290. The number of hydrogen-bond acceptors (Lipinski definition) is 7. The third kappa shape index (κ3) is 3.47. The molecule has 31 heavy (non-hydrogen) atoms. The molecule has 1 fully saturated rings. The number of aryl methyl sites for hydroxylation is 1. The normalized spacial score (nSPS) is 15.8. The molecule has 1 unspecified atom stereocenters. The molecule has 1 saturated heterocycles. The van der Waals surface area contributed by atoms with Gasteiger partial charge >= 0.3 is 0 Å².